The molecule has 4 aromatic rings. The third-order valence-corrected chi connectivity index (χ3v) is 16.7. The van der Waals surface area contributed by atoms with Gasteiger partial charge in [0.1, 0.15) is 12.1 Å². The van der Waals surface area contributed by atoms with Crippen molar-refractivity contribution >= 4 is 54.6 Å². The number of carbonyl (C=O) groups is 4. The van der Waals surface area contributed by atoms with Gasteiger partial charge in [-0.15, -0.1) is 11.3 Å². The minimum Gasteiger partial charge on any atom is -0.468 e. The van der Waals surface area contributed by atoms with Gasteiger partial charge in [-0.25, -0.2) is 14.9 Å². The molecule has 3 atom stereocenters. The maximum Gasteiger partial charge on any atom is 0.320 e. The molecule has 1 radical (unpaired) electrons. The first kappa shape index (κ1) is 45.9. The van der Waals surface area contributed by atoms with Gasteiger partial charge in [-0.3, -0.25) is 24.4 Å². The van der Waals surface area contributed by atoms with E-state index in [1.54, 1.807) is 25.3 Å². The van der Waals surface area contributed by atoms with Gasteiger partial charge < -0.3 is 34.5 Å². The lowest BCUT2D eigenvalue weighted by molar-refractivity contribution is -0.139. The number of cyclic esters (lactones) is 1. The molecular formula is C47H64N9O6SSi. The first-order valence-electron chi connectivity index (χ1n) is 22.9. The molecule has 7 heterocycles. The summed E-state index contributed by atoms with van der Waals surface area (Å²) in [6.07, 6.45) is 5.64. The van der Waals surface area contributed by atoms with Crippen LogP contribution in [0, 0.1) is 11.3 Å². The molecule has 0 unspecified atom stereocenters. The Morgan fingerprint density at radius 1 is 1.12 bits per heavy atom. The summed E-state index contributed by atoms with van der Waals surface area (Å²) in [5.74, 6) is -0.998. The number of fused-ring (bicyclic) bond motifs is 6. The summed E-state index contributed by atoms with van der Waals surface area (Å²) in [7, 11) is 1.37. The van der Waals surface area contributed by atoms with E-state index in [2.05, 4.69) is 65.3 Å². The Hall–Kier alpha value is -4.68. The summed E-state index contributed by atoms with van der Waals surface area (Å²) >= 11 is 1.44. The summed E-state index contributed by atoms with van der Waals surface area (Å²) in [5.41, 5.74) is 5.81. The van der Waals surface area contributed by atoms with Gasteiger partial charge in [-0.05, 0) is 101 Å². The monoisotopic (exact) mass is 910 g/mol. The zero-order chi connectivity index (χ0) is 45.5. The molecule has 8 rings (SSSR count). The number of nitrogens with zero attached hydrogens (tertiary/aromatic N) is 6. The lowest BCUT2D eigenvalue weighted by atomic mass is 9.77. The van der Waals surface area contributed by atoms with Crippen LogP contribution in [-0.4, -0.2) is 126 Å². The summed E-state index contributed by atoms with van der Waals surface area (Å²) in [4.78, 5) is 70.7. The van der Waals surface area contributed by atoms with Crippen LogP contribution >= 0.6 is 11.3 Å². The van der Waals surface area contributed by atoms with Crippen LogP contribution in [0.1, 0.15) is 89.6 Å². The zero-order valence-electron chi connectivity index (χ0n) is 38.6. The van der Waals surface area contributed by atoms with Crippen LogP contribution in [0.2, 0.25) is 6.04 Å². The van der Waals surface area contributed by atoms with Crippen molar-refractivity contribution in [1.29, 1.82) is 0 Å². The minimum absolute atomic E-state index is 0.129. The van der Waals surface area contributed by atoms with Crippen LogP contribution < -0.4 is 15.7 Å². The molecule has 4 aliphatic heterocycles. The number of likely N-dealkylation sites (N-methyl/N-ethyl adjacent to an activating group) is 1. The van der Waals surface area contributed by atoms with E-state index in [-0.39, 0.29) is 48.1 Å². The number of likely N-dealkylation sites (tertiary alicyclic amines) is 1. The second-order valence-electron chi connectivity index (χ2n) is 19.1. The Balaban J connectivity index is 1.16. The number of rotatable bonds is 8. The molecule has 3 saturated heterocycles. The fraction of sp³-hybridized carbons (Fsp3) is 0.574. The molecule has 3 aromatic heterocycles. The fourth-order valence-corrected chi connectivity index (χ4v) is 12.7. The number of piperidine rings is 1. The van der Waals surface area contributed by atoms with Gasteiger partial charge in [-0.1, -0.05) is 33.8 Å². The number of carbonyl (C=O) groups excluding carboxylic acids is 4. The number of benzene rings is 1. The molecule has 0 aliphatic carbocycles. The van der Waals surface area contributed by atoms with E-state index in [0.29, 0.717) is 43.5 Å². The van der Waals surface area contributed by atoms with Crippen molar-refractivity contribution in [3.05, 3.63) is 58.2 Å². The highest BCUT2D eigenvalue weighted by Gasteiger charge is 2.50. The topological polar surface area (TPSA) is 163 Å². The van der Waals surface area contributed by atoms with Crippen LogP contribution in [0.25, 0.3) is 33.4 Å². The van der Waals surface area contributed by atoms with Crippen LogP contribution in [0.5, 0.6) is 0 Å². The number of hydrogen-bond acceptors (Lipinski definition) is 11. The molecule has 4 aliphatic rings. The highest BCUT2D eigenvalue weighted by atomic mass is 32.1. The second kappa shape index (κ2) is 18.7. The summed E-state index contributed by atoms with van der Waals surface area (Å²) in [6, 6.07) is 9.09. The number of hydrogen-bond donors (Lipinski definition) is 3. The Morgan fingerprint density at radius 2 is 1.91 bits per heavy atom. The number of urea groups is 1. The van der Waals surface area contributed by atoms with Crippen molar-refractivity contribution in [2.75, 3.05) is 46.9 Å². The van der Waals surface area contributed by atoms with Gasteiger partial charge in [0.15, 0.2) is 0 Å². The standard InChI is InChI=1S/C47H64N9O6SSi/c1-9-54-37-14-13-31-24-33(37)34(41(54)32-12-10-18-49-39(32)30(4)61-8)26-46(5,6)28-62-45(60)64-23-11-21-56(52-64)43(58)35(25-38-50-36(31)27-63-38)51-42(57)40(29(2)3)53(7)44(59)55-22-17-47(55)15-19-48-20-16-47/h10,12-14,18,24,27,29-30,35,40,48,52H,9,11,15-17,19-23,25-26,28H2,1-8H3,(H,51,57)/t30-,35-,40-/m0/s1. The van der Waals surface area contributed by atoms with Crippen LogP contribution in [0.3, 0.4) is 0 Å². The molecular weight excluding hydrogens is 847 g/mol. The maximum atomic E-state index is 14.7. The molecule has 4 amide bonds. The molecule has 1 aromatic carbocycles. The Kier molecular flexibility index (Phi) is 13.4. The number of pyridine rings is 1. The van der Waals surface area contributed by atoms with Crippen LogP contribution in [-0.2, 0) is 38.4 Å². The number of aromatic nitrogens is 3. The van der Waals surface area contributed by atoms with Gasteiger partial charge in [0.2, 0.25) is 5.91 Å². The number of nitrogens with one attached hydrogen (secondary N) is 3. The fourth-order valence-electron chi connectivity index (χ4n) is 10.2. The minimum atomic E-state index is -2.02. The molecule has 3 N–H and O–H groups in total. The van der Waals surface area contributed by atoms with E-state index >= 15 is 0 Å². The highest BCUT2D eigenvalue weighted by Crippen LogP contribution is 2.43. The summed E-state index contributed by atoms with van der Waals surface area (Å²) < 4.78 is 14.3. The van der Waals surface area contributed by atoms with Gasteiger partial charge in [-0.2, -0.15) is 0 Å². The number of aryl methyl sites for hydroxylation is 1. The number of amides is 4. The quantitative estimate of drug-likeness (QED) is 0.166. The molecule has 17 heteroatoms. The normalized spacial score (nSPS) is 21.3. The average molecular weight is 911 g/mol. The Labute approximate surface area is 382 Å². The molecule has 0 saturated carbocycles. The second-order valence-corrected chi connectivity index (χ2v) is 22.1. The molecule has 6 bridgehead atoms. The van der Waals surface area contributed by atoms with E-state index in [1.807, 2.05) is 37.1 Å². The van der Waals surface area contributed by atoms with Gasteiger partial charge in [0.25, 0.3) is 20.5 Å². The SMILES string of the molecule is CCn1c(-c2cccnc2[C@H](C)OC)c2c3cc(ccc31)-c1csc(n1)C[C@H](NC(=O)[C@H](C(C)C)N(C)C(=O)N1CCC13CCNCC3)C(=O)N1CCC[Si](N1)C(=O)OCC(C)(C)C2. The van der Waals surface area contributed by atoms with Gasteiger partial charge in [0, 0.05) is 84.8 Å². The molecule has 3 fully saturated rings. The third-order valence-electron chi connectivity index (χ3n) is 13.8. The maximum absolute atomic E-state index is 14.7. The summed E-state index contributed by atoms with van der Waals surface area (Å²) in [5, 5.41) is 15.0. The van der Waals surface area contributed by atoms with Crippen molar-refractivity contribution in [3.8, 4) is 22.5 Å². The van der Waals surface area contributed by atoms with Crippen molar-refractivity contribution in [1.82, 2.24) is 45.1 Å². The van der Waals surface area contributed by atoms with Crippen LogP contribution in [0.4, 0.5) is 9.59 Å². The molecule has 64 heavy (non-hydrogen) atoms. The van der Waals surface area contributed by atoms with Crippen molar-refractivity contribution in [2.24, 2.45) is 11.3 Å². The van der Waals surface area contributed by atoms with Gasteiger partial charge >= 0.3 is 6.03 Å². The predicted molar refractivity (Wildman–Crippen MR) is 250 cm³/mol. The number of ether oxygens (including phenoxy) is 2. The van der Waals surface area contributed by atoms with Crippen LogP contribution in [0.15, 0.2) is 41.9 Å². The zero-order valence-corrected chi connectivity index (χ0v) is 40.4. The van der Waals surface area contributed by atoms with Crippen molar-refractivity contribution < 1.29 is 28.7 Å². The largest absolute Gasteiger partial charge is 0.468 e. The van der Waals surface area contributed by atoms with E-state index in [0.717, 1.165) is 77.0 Å². The Morgan fingerprint density at radius 3 is 2.61 bits per heavy atom. The third kappa shape index (κ3) is 8.85. The lowest BCUT2D eigenvalue weighted by Crippen LogP contribution is -2.69. The predicted octanol–water partition coefficient (Wildman–Crippen LogP) is 6.51. The molecule has 1 spiro atoms. The van der Waals surface area contributed by atoms with Crippen molar-refractivity contribution in [2.45, 2.75) is 116 Å². The smallest absolute Gasteiger partial charge is 0.320 e. The Bertz CT molecular complexity index is 2390. The van der Waals surface area contributed by atoms with Gasteiger partial charge in [0.05, 0.1) is 34.8 Å². The van der Waals surface area contributed by atoms with E-state index in [9.17, 15) is 19.2 Å². The average Bonchev–Trinajstić information content (AvgIpc) is 3.88. The lowest BCUT2D eigenvalue weighted by Gasteiger charge is -2.56. The first-order chi connectivity index (χ1) is 30.6. The van der Waals surface area contributed by atoms with E-state index in [1.165, 1.54) is 16.3 Å². The number of methoxy groups -OCH3 is 1. The number of thiazole rings is 1. The van der Waals surface area contributed by atoms with E-state index in [4.69, 9.17) is 19.4 Å². The first-order valence-corrected chi connectivity index (χ1v) is 25.5. The van der Waals surface area contributed by atoms with E-state index < -0.39 is 32.4 Å². The highest BCUT2D eigenvalue weighted by molar-refractivity contribution is 7.10. The number of hydrazine groups is 1. The molecule has 343 valence electrons. The molecule has 15 nitrogen and oxygen atoms in total. The summed E-state index contributed by atoms with van der Waals surface area (Å²) in [6.45, 7) is 15.9. The van der Waals surface area contributed by atoms with Crippen molar-refractivity contribution in [3.63, 3.8) is 0 Å².